The minimum Gasteiger partial charge on any atom is -0.388 e. The van der Waals surface area contributed by atoms with E-state index in [-0.39, 0.29) is 0 Å². The summed E-state index contributed by atoms with van der Waals surface area (Å²) in [6, 6.07) is 6.08. The maximum Gasteiger partial charge on any atom is 0.0869 e. The van der Waals surface area contributed by atoms with Gasteiger partial charge in [0.25, 0.3) is 0 Å². The molecule has 1 aliphatic rings. The minimum absolute atomic E-state index is 0.515. The minimum atomic E-state index is -0.515. The van der Waals surface area contributed by atoms with Gasteiger partial charge in [0.1, 0.15) is 0 Å². The highest BCUT2D eigenvalue weighted by Gasteiger charge is 2.30. The quantitative estimate of drug-likeness (QED) is 0.883. The van der Waals surface area contributed by atoms with Crippen molar-refractivity contribution in [1.82, 2.24) is 5.32 Å². The van der Waals surface area contributed by atoms with E-state index in [2.05, 4.69) is 11.4 Å². The van der Waals surface area contributed by atoms with Crippen molar-refractivity contribution in [2.24, 2.45) is 0 Å². The van der Waals surface area contributed by atoms with Crippen molar-refractivity contribution in [3.05, 3.63) is 34.3 Å². The van der Waals surface area contributed by atoms with E-state index in [1.807, 2.05) is 30.8 Å². The van der Waals surface area contributed by atoms with Crippen LogP contribution < -0.4 is 5.32 Å². The summed E-state index contributed by atoms with van der Waals surface area (Å²) in [6.07, 6.45) is 0.888. The van der Waals surface area contributed by atoms with E-state index >= 15 is 0 Å². The van der Waals surface area contributed by atoms with E-state index in [4.69, 9.17) is 11.6 Å². The molecule has 1 saturated heterocycles. The summed E-state index contributed by atoms with van der Waals surface area (Å²) >= 11 is 7.89. The first-order valence-electron chi connectivity index (χ1n) is 5.85. The van der Waals surface area contributed by atoms with Crippen LogP contribution in [0.15, 0.2) is 18.2 Å². The molecule has 1 unspecified atom stereocenters. The van der Waals surface area contributed by atoms with Crippen LogP contribution in [0.3, 0.4) is 0 Å². The lowest BCUT2D eigenvalue weighted by atomic mass is 10.0. The molecule has 0 bridgehead atoms. The third-order valence-corrected chi connectivity index (χ3v) is 4.74. The van der Waals surface area contributed by atoms with Crippen molar-refractivity contribution >= 4 is 23.4 Å². The number of benzene rings is 1. The molecular formula is C13H18ClNOS. The summed E-state index contributed by atoms with van der Waals surface area (Å²) in [5.41, 5.74) is 1.75. The molecule has 4 heteroatoms. The topological polar surface area (TPSA) is 32.3 Å². The van der Waals surface area contributed by atoms with Crippen LogP contribution in [0.4, 0.5) is 0 Å². The summed E-state index contributed by atoms with van der Waals surface area (Å²) in [5, 5.41) is 14.3. The van der Waals surface area contributed by atoms with Crippen LogP contribution in [0.2, 0.25) is 5.02 Å². The van der Waals surface area contributed by atoms with Crippen LogP contribution in [0.5, 0.6) is 0 Å². The number of hydrogen-bond acceptors (Lipinski definition) is 3. The Hall–Kier alpha value is -0.220. The van der Waals surface area contributed by atoms with Crippen molar-refractivity contribution in [3.63, 3.8) is 0 Å². The average molecular weight is 272 g/mol. The highest BCUT2D eigenvalue weighted by atomic mass is 35.5. The van der Waals surface area contributed by atoms with E-state index in [0.717, 1.165) is 40.6 Å². The average Bonchev–Trinajstić information content (AvgIpc) is 2.71. The van der Waals surface area contributed by atoms with Gasteiger partial charge in [0, 0.05) is 23.9 Å². The molecule has 0 spiro atoms. The first-order chi connectivity index (χ1) is 8.09. The molecule has 0 amide bonds. The second kappa shape index (κ2) is 5.61. The number of thioether (sulfide) groups is 1. The molecule has 0 radical (unpaired) electrons. The normalized spacial score (nSPS) is 24.2. The summed E-state index contributed by atoms with van der Waals surface area (Å²) in [6.45, 7) is 3.41. The Morgan fingerprint density at radius 3 is 3.00 bits per heavy atom. The molecule has 0 aromatic heterocycles. The molecule has 0 aliphatic carbocycles. The number of aryl methyl sites for hydroxylation is 1. The molecular weight excluding hydrogens is 254 g/mol. The Balaban J connectivity index is 1.83. The predicted octanol–water partition coefficient (Wildman–Crippen LogP) is 2.61. The number of nitrogens with one attached hydrogen (secondary N) is 1. The van der Waals surface area contributed by atoms with Crippen molar-refractivity contribution < 1.29 is 5.11 Å². The maximum absolute atomic E-state index is 10.2. The Morgan fingerprint density at radius 2 is 2.35 bits per heavy atom. The SMILES string of the molecule is Cc1ccc(CNCC2(O)CCSC2)cc1Cl. The fourth-order valence-electron chi connectivity index (χ4n) is 1.92. The number of aliphatic hydroxyl groups is 1. The second-order valence-electron chi connectivity index (χ2n) is 4.71. The van der Waals surface area contributed by atoms with Gasteiger partial charge in [0.05, 0.1) is 5.60 Å². The highest BCUT2D eigenvalue weighted by molar-refractivity contribution is 7.99. The van der Waals surface area contributed by atoms with Crippen LogP contribution in [-0.4, -0.2) is 28.8 Å². The van der Waals surface area contributed by atoms with E-state index in [1.54, 1.807) is 0 Å². The smallest absolute Gasteiger partial charge is 0.0869 e. The summed E-state index contributed by atoms with van der Waals surface area (Å²) in [5.74, 6) is 1.91. The van der Waals surface area contributed by atoms with E-state index < -0.39 is 5.60 Å². The lowest BCUT2D eigenvalue weighted by Crippen LogP contribution is -2.40. The third kappa shape index (κ3) is 3.62. The van der Waals surface area contributed by atoms with E-state index in [0.29, 0.717) is 6.54 Å². The molecule has 1 aromatic rings. The Bertz CT molecular complexity index is 391. The monoisotopic (exact) mass is 271 g/mol. The van der Waals surface area contributed by atoms with E-state index in [9.17, 15) is 5.11 Å². The molecule has 0 saturated carbocycles. The van der Waals surface area contributed by atoms with Crippen molar-refractivity contribution in [2.75, 3.05) is 18.1 Å². The molecule has 17 heavy (non-hydrogen) atoms. The van der Waals surface area contributed by atoms with E-state index in [1.165, 1.54) is 0 Å². The molecule has 2 rings (SSSR count). The van der Waals surface area contributed by atoms with Gasteiger partial charge in [-0.15, -0.1) is 0 Å². The van der Waals surface area contributed by atoms with Gasteiger partial charge >= 0.3 is 0 Å². The van der Waals surface area contributed by atoms with Gasteiger partial charge in [-0.1, -0.05) is 23.7 Å². The Kier molecular flexibility index (Phi) is 4.36. The van der Waals surface area contributed by atoms with Gasteiger partial charge in [-0.3, -0.25) is 0 Å². The maximum atomic E-state index is 10.2. The summed E-state index contributed by atoms with van der Waals surface area (Å²) in [4.78, 5) is 0. The standard InChI is InChI=1S/C13H18ClNOS/c1-10-2-3-11(6-12(10)14)7-15-8-13(16)4-5-17-9-13/h2-3,6,15-16H,4-5,7-9H2,1H3. The van der Waals surface area contributed by atoms with Gasteiger partial charge < -0.3 is 10.4 Å². The van der Waals surface area contributed by atoms with Crippen LogP contribution in [0.25, 0.3) is 0 Å². The Morgan fingerprint density at radius 1 is 1.53 bits per heavy atom. The molecule has 1 fully saturated rings. The molecule has 2 N–H and O–H groups in total. The number of rotatable bonds is 4. The lowest BCUT2D eigenvalue weighted by molar-refractivity contribution is 0.0675. The van der Waals surface area contributed by atoms with Crippen LogP contribution in [0.1, 0.15) is 17.5 Å². The molecule has 1 aromatic carbocycles. The molecule has 2 nitrogen and oxygen atoms in total. The summed E-state index contributed by atoms with van der Waals surface area (Å²) in [7, 11) is 0. The van der Waals surface area contributed by atoms with Crippen molar-refractivity contribution in [2.45, 2.75) is 25.5 Å². The largest absolute Gasteiger partial charge is 0.388 e. The molecule has 94 valence electrons. The van der Waals surface area contributed by atoms with Crippen LogP contribution in [0, 0.1) is 6.92 Å². The lowest BCUT2D eigenvalue weighted by Gasteiger charge is -2.21. The number of halogens is 1. The third-order valence-electron chi connectivity index (χ3n) is 3.10. The van der Waals surface area contributed by atoms with Crippen molar-refractivity contribution in [1.29, 1.82) is 0 Å². The van der Waals surface area contributed by atoms with Gasteiger partial charge in [-0.25, -0.2) is 0 Å². The van der Waals surface area contributed by atoms with Crippen LogP contribution in [-0.2, 0) is 6.54 Å². The van der Waals surface area contributed by atoms with Gasteiger partial charge in [0.15, 0.2) is 0 Å². The zero-order chi connectivity index (χ0) is 12.3. The molecule has 1 heterocycles. The fourth-order valence-corrected chi connectivity index (χ4v) is 3.42. The zero-order valence-corrected chi connectivity index (χ0v) is 11.6. The number of hydrogen-bond donors (Lipinski definition) is 2. The van der Waals surface area contributed by atoms with Gasteiger partial charge in [0.2, 0.25) is 0 Å². The zero-order valence-electron chi connectivity index (χ0n) is 10.0. The second-order valence-corrected chi connectivity index (χ2v) is 6.23. The summed E-state index contributed by atoms with van der Waals surface area (Å²) < 4.78 is 0. The predicted molar refractivity (Wildman–Crippen MR) is 74.8 cm³/mol. The van der Waals surface area contributed by atoms with Crippen molar-refractivity contribution in [3.8, 4) is 0 Å². The fraction of sp³-hybridized carbons (Fsp3) is 0.538. The van der Waals surface area contributed by atoms with Crippen LogP contribution >= 0.6 is 23.4 Å². The Labute approximate surface area is 112 Å². The molecule has 1 atom stereocenters. The first-order valence-corrected chi connectivity index (χ1v) is 7.38. The van der Waals surface area contributed by atoms with Gasteiger partial charge in [-0.05, 0) is 36.3 Å². The molecule has 1 aliphatic heterocycles. The highest BCUT2D eigenvalue weighted by Crippen LogP contribution is 2.27. The van der Waals surface area contributed by atoms with Gasteiger partial charge in [-0.2, -0.15) is 11.8 Å². The first kappa shape index (κ1) is 13.2.